The van der Waals surface area contributed by atoms with Crippen molar-refractivity contribution in [1.29, 1.82) is 0 Å². The second-order valence-electron chi connectivity index (χ2n) is 5.01. The van der Waals surface area contributed by atoms with Crippen LogP contribution in [0.1, 0.15) is 29.7 Å². The van der Waals surface area contributed by atoms with E-state index in [-0.39, 0.29) is 0 Å². The van der Waals surface area contributed by atoms with E-state index < -0.39 is 0 Å². The van der Waals surface area contributed by atoms with Gasteiger partial charge in [0.05, 0.1) is 0 Å². The second-order valence-corrected chi connectivity index (χ2v) is 5.01. The Morgan fingerprint density at radius 3 is 2.89 bits per heavy atom. The highest BCUT2D eigenvalue weighted by Crippen LogP contribution is 2.22. The summed E-state index contributed by atoms with van der Waals surface area (Å²) in [6.07, 6.45) is 8.15. The first-order chi connectivity index (χ1) is 8.74. The molecule has 0 radical (unpaired) electrons. The molecule has 0 atom stereocenters. The number of nitrogens with zero attached hydrogens (tertiary/aromatic N) is 3. The van der Waals surface area contributed by atoms with Gasteiger partial charge in [-0.05, 0) is 38.3 Å². The van der Waals surface area contributed by atoms with E-state index in [0.717, 1.165) is 18.1 Å². The number of pyridine rings is 1. The number of aromatic nitrogens is 3. The van der Waals surface area contributed by atoms with Crippen LogP contribution in [-0.2, 0) is 6.54 Å². The van der Waals surface area contributed by atoms with Crippen molar-refractivity contribution < 1.29 is 0 Å². The van der Waals surface area contributed by atoms with Crippen molar-refractivity contribution in [3.05, 3.63) is 41.6 Å². The second kappa shape index (κ2) is 4.53. The van der Waals surface area contributed by atoms with Gasteiger partial charge in [0.25, 0.3) is 0 Å². The average Bonchev–Trinajstić information content (AvgIpc) is 3.00. The van der Waals surface area contributed by atoms with E-state index in [1.165, 1.54) is 24.0 Å². The monoisotopic (exact) mass is 242 g/mol. The summed E-state index contributed by atoms with van der Waals surface area (Å²) in [5.41, 5.74) is 3.61. The van der Waals surface area contributed by atoms with Crippen LogP contribution in [0.4, 0.5) is 0 Å². The SMILES string of the molecule is Cc1cc(C)c(CNC2CC2)c(-n2ccnc2)n1. The predicted octanol–water partition coefficient (Wildman–Crippen LogP) is 2.14. The quantitative estimate of drug-likeness (QED) is 0.893. The molecule has 0 saturated heterocycles. The molecule has 1 aliphatic rings. The van der Waals surface area contributed by atoms with Gasteiger partial charge in [-0.3, -0.25) is 4.57 Å². The van der Waals surface area contributed by atoms with E-state index in [2.05, 4.69) is 28.3 Å². The molecule has 0 aromatic carbocycles. The van der Waals surface area contributed by atoms with Gasteiger partial charge in [-0.25, -0.2) is 9.97 Å². The summed E-state index contributed by atoms with van der Waals surface area (Å²) < 4.78 is 1.99. The number of nitrogens with one attached hydrogen (secondary N) is 1. The maximum absolute atomic E-state index is 4.66. The predicted molar refractivity (Wildman–Crippen MR) is 70.7 cm³/mol. The lowest BCUT2D eigenvalue weighted by Gasteiger charge is -2.14. The van der Waals surface area contributed by atoms with Gasteiger partial charge in [-0.15, -0.1) is 0 Å². The fraction of sp³-hybridized carbons (Fsp3) is 0.429. The molecule has 0 bridgehead atoms. The van der Waals surface area contributed by atoms with Gasteiger partial charge in [-0.2, -0.15) is 0 Å². The normalized spacial score (nSPS) is 15.0. The highest BCUT2D eigenvalue weighted by atomic mass is 15.1. The van der Waals surface area contributed by atoms with Crippen molar-refractivity contribution in [2.45, 2.75) is 39.3 Å². The van der Waals surface area contributed by atoms with E-state index in [1.54, 1.807) is 6.20 Å². The Bertz CT molecular complexity index is 541. The van der Waals surface area contributed by atoms with E-state index in [4.69, 9.17) is 0 Å². The summed E-state index contributed by atoms with van der Waals surface area (Å²) in [6.45, 7) is 5.07. The molecular formula is C14H18N4. The van der Waals surface area contributed by atoms with Crippen LogP contribution in [-0.4, -0.2) is 20.6 Å². The molecule has 94 valence electrons. The third-order valence-corrected chi connectivity index (χ3v) is 3.35. The molecule has 1 N–H and O–H groups in total. The molecule has 2 aromatic heterocycles. The number of hydrogen-bond donors (Lipinski definition) is 1. The van der Waals surface area contributed by atoms with E-state index in [1.807, 2.05) is 24.0 Å². The van der Waals surface area contributed by atoms with Gasteiger partial charge in [0.1, 0.15) is 12.1 Å². The van der Waals surface area contributed by atoms with Crippen molar-refractivity contribution in [3.8, 4) is 5.82 Å². The molecule has 0 unspecified atom stereocenters. The third kappa shape index (κ3) is 2.29. The van der Waals surface area contributed by atoms with E-state index in [9.17, 15) is 0 Å². The molecular weight excluding hydrogens is 224 g/mol. The summed E-state index contributed by atoms with van der Waals surface area (Å²) in [5.74, 6) is 0.998. The number of imidazole rings is 1. The average molecular weight is 242 g/mol. The summed E-state index contributed by atoms with van der Waals surface area (Å²) >= 11 is 0. The van der Waals surface area contributed by atoms with E-state index >= 15 is 0 Å². The lowest BCUT2D eigenvalue weighted by Crippen LogP contribution is -2.18. The topological polar surface area (TPSA) is 42.7 Å². The maximum Gasteiger partial charge on any atom is 0.142 e. The first kappa shape index (κ1) is 11.4. The highest BCUT2D eigenvalue weighted by molar-refractivity contribution is 5.41. The number of aryl methyl sites for hydroxylation is 2. The molecule has 1 saturated carbocycles. The van der Waals surface area contributed by atoms with Gasteiger partial charge < -0.3 is 5.32 Å². The Hall–Kier alpha value is -1.68. The standard InChI is InChI=1S/C14H18N4/c1-10-7-11(2)17-14(18-6-5-15-9-18)13(10)8-16-12-3-4-12/h5-7,9,12,16H,3-4,8H2,1-2H3. The van der Waals surface area contributed by atoms with Crippen LogP contribution < -0.4 is 5.32 Å². The largest absolute Gasteiger partial charge is 0.310 e. The van der Waals surface area contributed by atoms with Crippen molar-refractivity contribution >= 4 is 0 Å². The van der Waals surface area contributed by atoms with Crippen molar-refractivity contribution in [2.24, 2.45) is 0 Å². The van der Waals surface area contributed by atoms with Crippen LogP contribution >= 0.6 is 0 Å². The van der Waals surface area contributed by atoms with Crippen LogP contribution in [0, 0.1) is 13.8 Å². The Labute approximate surface area is 107 Å². The van der Waals surface area contributed by atoms with Crippen LogP contribution in [0.25, 0.3) is 5.82 Å². The zero-order valence-electron chi connectivity index (χ0n) is 10.8. The third-order valence-electron chi connectivity index (χ3n) is 3.35. The Balaban J connectivity index is 1.98. The molecule has 0 spiro atoms. The minimum Gasteiger partial charge on any atom is -0.310 e. The summed E-state index contributed by atoms with van der Waals surface area (Å²) in [4.78, 5) is 8.77. The lowest BCUT2D eigenvalue weighted by atomic mass is 10.1. The van der Waals surface area contributed by atoms with Crippen LogP contribution in [0.15, 0.2) is 24.8 Å². The molecule has 4 heteroatoms. The molecule has 3 rings (SSSR count). The first-order valence-electron chi connectivity index (χ1n) is 6.43. The number of rotatable bonds is 4. The van der Waals surface area contributed by atoms with Gasteiger partial charge in [-0.1, -0.05) is 0 Å². The zero-order valence-corrected chi connectivity index (χ0v) is 10.8. The van der Waals surface area contributed by atoms with Crippen molar-refractivity contribution in [1.82, 2.24) is 19.9 Å². The summed E-state index contributed by atoms with van der Waals surface area (Å²) in [5, 5.41) is 3.56. The lowest BCUT2D eigenvalue weighted by molar-refractivity contribution is 0.677. The molecule has 0 aliphatic heterocycles. The van der Waals surface area contributed by atoms with Gasteiger partial charge in [0.15, 0.2) is 0 Å². The molecule has 2 heterocycles. The van der Waals surface area contributed by atoms with E-state index in [0.29, 0.717) is 6.04 Å². The minimum atomic E-state index is 0.710. The Morgan fingerprint density at radius 1 is 1.39 bits per heavy atom. The number of hydrogen-bond acceptors (Lipinski definition) is 3. The molecule has 18 heavy (non-hydrogen) atoms. The molecule has 1 aliphatic carbocycles. The highest BCUT2D eigenvalue weighted by Gasteiger charge is 2.21. The Kier molecular flexibility index (Phi) is 2.88. The Morgan fingerprint density at radius 2 is 2.22 bits per heavy atom. The van der Waals surface area contributed by atoms with Crippen molar-refractivity contribution in [3.63, 3.8) is 0 Å². The molecule has 2 aromatic rings. The van der Waals surface area contributed by atoms with Crippen LogP contribution in [0.3, 0.4) is 0 Å². The van der Waals surface area contributed by atoms with Gasteiger partial charge in [0, 0.05) is 36.2 Å². The first-order valence-corrected chi connectivity index (χ1v) is 6.43. The van der Waals surface area contributed by atoms with Gasteiger partial charge in [0.2, 0.25) is 0 Å². The maximum atomic E-state index is 4.66. The molecule has 1 fully saturated rings. The van der Waals surface area contributed by atoms with Crippen LogP contribution in [0.2, 0.25) is 0 Å². The molecule has 4 nitrogen and oxygen atoms in total. The zero-order chi connectivity index (χ0) is 12.5. The minimum absolute atomic E-state index is 0.710. The van der Waals surface area contributed by atoms with Gasteiger partial charge >= 0.3 is 0 Å². The summed E-state index contributed by atoms with van der Waals surface area (Å²) in [7, 11) is 0. The fourth-order valence-electron chi connectivity index (χ4n) is 2.19. The fourth-order valence-corrected chi connectivity index (χ4v) is 2.19. The van der Waals surface area contributed by atoms with Crippen molar-refractivity contribution in [2.75, 3.05) is 0 Å². The smallest absolute Gasteiger partial charge is 0.142 e. The van der Waals surface area contributed by atoms with Crippen LogP contribution in [0.5, 0.6) is 0 Å². The molecule has 0 amide bonds. The summed E-state index contributed by atoms with van der Waals surface area (Å²) in [6, 6.07) is 2.85.